The van der Waals surface area contributed by atoms with Gasteiger partial charge in [0.05, 0.1) is 4.88 Å². The van der Waals surface area contributed by atoms with Crippen LogP contribution >= 0.6 is 11.3 Å². The number of piperidine rings is 1. The predicted molar refractivity (Wildman–Crippen MR) is 87.2 cm³/mol. The second-order valence-electron chi connectivity index (χ2n) is 6.62. The van der Waals surface area contributed by atoms with Crippen molar-refractivity contribution in [2.24, 2.45) is 0 Å². The molecule has 0 aromatic carbocycles. The van der Waals surface area contributed by atoms with E-state index < -0.39 is 5.60 Å². The Bertz CT molecular complexity index is 522. The summed E-state index contributed by atoms with van der Waals surface area (Å²) in [5, 5.41) is 1.90. The van der Waals surface area contributed by atoms with Gasteiger partial charge in [-0.2, -0.15) is 0 Å². The number of ether oxygens (including phenoxy) is 1. The van der Waals surface area contributed by atoms with E-state index in [-0.39, 0.29) is 18.0 Å². The molecule has 0 N–H and O–H groups in total. The standard InChI is InChI=1S/C16H24N2O3S/c1-16(2,3)21-15(20)18-9-5-7-12(11-18)17(4)14(19)13-8-6-10-22-13/h6,8,10,12H,5,7,9,11H2,1-4H3/t12-/m1/s1. The molecule has 0 radical (unpaired) electrons. The maximum Gasteiger partial charge on any atom is 0.410 e. The summed E-state index contributed by atoms with van der Waals surface area (Å²) >= 11 is 1.44. The zero-order valence-corrected chi connectivity index (χ0v) is 14.5. The second kappa shape index (κ2) is 6.69. The quantitative estimate of drug-likeness (QED) is 0.839. The largest absolute Gasteiger partial charge is 0.444 e. The minimum atomic E-state index is -0.497. The average Bonchev–Trinajstić information content (AvgIpc) is 2.98. The van der Waals surface area contributed by atoms with Gasteiger partial charge >= 0.3 is 6.09 Å². The van der Waals surface area contributed by atoms with E-state index in [0.717, 1.165) is 17.7 Å². The van der Waals surface area contributed by atoms with E-state index in [1.54, 1.807) is 9.80 Å². The van der Waals surface area contributed by atoms with Gasteiger partial charge in [-0.05, 0) is 45.1 Å². The van der Waals surface area contributed by atoms with E-state index in [2.05, 4.69) is 0 Å². The fourth-order valence-electron chi connectivity index (χ4n) is 2.50. The molecule has 1 aliphatic heterocycles. The van der Waals surface area contributed by atoms with Gasteiger partial charge in [0.2, 0.25) is 0 Å². The van der Waals surface area contributed by atoms with Gasteiger partial charge in [0.15, 0.2) is 0 Å². The van der Waals surface area contributed by atoms with Crippen LogP contribution in [0.25, 0.3) is 0 Å². The number of amides is 2. The van der Waals surface area contributed by atoms with Gasteiger partial charge in [-0.3, -0.25) is 4.79 Å². The summed E-state index contributed by atoms with van der Waals surface area (Å²) < 4.78 is 5.42. The van der Waals surface area contributed by atoms with Crippen LogP contribution in [0.1, 0.15) is 43.3 Å². The lowest BCUT2D eigenvalue weighted by atomic mass is 10.0. The van der Waals surface area contributed by atoms with Crippen LogP contribution in [0.3, 0.4) is 0 Å². The van der Waals surface area contributed by atoms with Crippen LogP contribution in [0, 0.1) is 0 Å². The predicted octanol–water partition coefficient (Wildman–Crippen LogP) is 3.22. The third-order valence-corrected chi connectivity index (χ3v) is 4.51. The molecule has 2 amide bonds. The zero-order chi connectivity index (χ0) is 16.3. The Labute approximate surface area is 135 Å². The molecule has 2 heterocycles. The number of thiophene rings is 1. The third-order valence-electron chi connectivity index (χ3n) is 3.65. The van der Waals surface area contributed by atoms with E-state index >= 15 is 0 Å². The summed E-state index contributed by atoms with van der Waals surface area (Å²) in [6, 6.07) is 3.74. The van der Waals surface area contributed by atoms with Gasteiger partial charge in [-0.1, -0.05) is 6.07 Å². The van der Waals surface area contributed by atoms with Crippen molar-refractivity contribution < 1.29 is 14.3 Å². The molecule has 1 aliphatic rings. The Morgan fingerprint density at radius 3 is 2.73 bits per heavy atom. The van der Waals surface area contributed by atoms with E-state index in [9.17, 15) is 9.59 Å². The molecule has 6 heteroatoms. The first kappa shape index (κ1) is 16.8. The van der Waals surface area contributed by atoms with Crippen molar-refractivity contribution in [3.63, 3.8) is 0 Å². The SMILES string of the molecule is CN(C(=O)c1cccs1)[C@@H]1CCCN(C(=O)OC(C)(C)C)C1. The number of carbonyl (C=O) groups is 2. The molecule has 2 rings (SSSR count). The minimum absolute atomic E-state index is 0.0195. The second-order valence-corrected chi connectivity index (χ2v) is 7.56. The molecular weight excluding hydrogens is 300 g/mol. The monoisotopic (exact) mass is 324 g/mol. The van der Waals surface area contributed by atoms with Gasteiger partial charge in [0.1, 0.15) is 5.60 Å². The number of hydrogen-bond donors (Lipinski definition) is 0. The first-order chi connectivity index (χ1) is 10.3. The maximum absolute atomic E-state index is 12.4. The highest BCUT2D eigenvalue weighted by atomic mass is 32.1. The fourth-order valence-corrected chi connectivity index (χ4v) is 3.21. The molecule has 0 unspecified atom stereocenters. The Kier molecular flexibility index (Phi) is 5.11. The topological polar surface area (TPSA) is 49.9 Å². The van der Waals surface area contributed by atoms with E-state index in [1.165, 1.54) is 11.3 Å². The molecule has 1 aromatic rings. The summed E-state index contributed by atoms with van der Waals surface area (Å²) in [6.45, 7) is 6.80. The number of carbonyl (C=O) groups excluding carboxylic acids is 2. The molecular formula is C16H24N2O3S. The number of hydrogen-bond acceptors (Lipinski definition) is 4. The molecule has 1 saturated heterocycles. The van der Waals surface area contributed by atoms with Crippen LogP contribution in [0.2, 0.25) is 0 Å². The van der Waals surface area contributed by atoms with Gasteiger partial charge < -0.3 is 14.5 Å². The number of likely N-dealkylation sites (tertiary alicyclic amines) is 1. The lowest BCUT2D eigenvalue weighted by Gasteiger charge is -2.38. The van der Waals surface area contributed by atoms with Crippen LogP contribution in [0.15, 0.2) is 17.5 Å². The van der Waals surface area contributed by atoms with Crippen molar-refractivity contribution in [2.75, 3.05) is 20.1 Å². The summed E-state index contributed by atoms with van der Waals surface area (Å²) in [5.41, 5.74) is -0.497. The first-order valence-corrected chi connectivity index (χ1v) is 8.44. The van der Waals surface area contributed by atoms with E-state index in [4.69, 9.17) is 4.74 Å². The van der Waals surface area contributed by atoms with Crippen molar-refractivity contribution in [2.45, 2.75) is 45.3 Å². The van der Waals surface area contributed by atoms with Crippen molar-refractivity contribution in [1.29, 1.82) is 0 Å². The highest BCUT2D eigenvalue weighted by molar-refractivity contribution is 7.12. The molecule has 0 spiro atoms. The molecule has 0 bridgehead atoms. The lowest BCUT2D eigenvalue weighted by molar-refractivity contribution is 0.0123. The summed E-state index contributed by atoms with van der Waals surface area (Å²) in [7, 11) is 1.81. The fraction of sp³-hybridized carbons (Fsp3) is 0.625. The number of rotatable bonds is 2. The van der Waals surface area contributed by atoms with Gasteiger partial charge in [0.25, 0.3) is 5.91 Å². The number of nitrogens with zero attached hydrogens (tertiary/aromatic N) is 2. The Hall–Kier alpha value is -1.56. The smallest absolute Gasteiger partial charge is 0.410 e. The molecule has 122 valence electrons. The normalized spacial score (nSPS) is 18.9. The molecule has 1 fully saturated rings. The van der Waals surface area contributed by atoms with Crippen LogP contribution in [0.4, 0.5) is 4.79 Å². The van der Waals surface area contributed by atoms with Crippen molar-refractivity contribution in [3.05, 3.63) is 22.4 Å². The Morgan fingerprint density at radius 2 is 2.14 bits per heavy atom. The Balaban J connectivity index is 1.98. The third kappa shape index (κ3) is 4.22. The summed E-state index contributed by atoms with van der Waals surface area (Å²) in [4.78, 5) is 28.8. The molecule has 0 aliphatic carbocycles. The molecule has 1 aromatic heterocycles. The van der Waals surface area contributed by atoms with Gasteiger partial charge in [-0.15, -0.1) is 11.3 Å². The van der Waals surface area contributed by atoms with Crippen molar-refractivity contribution in [1.82, 2.24) is 9.80 Å². The molecule has 1 atom stereocenters. The van der Waals surface area contributed by atoms with Crippen LogP contribution < -0.4 is 0 Å². The summed E-state index contributed by atoms with van der Waals surface area (Å²) in [6.07, 6.45) is 1.49. The summed E-state index contributed by atoms with van der Waals surface area (Å²) in [5.74, 6) is 0.0195. The van der Waals surface area contributed by atoms with Crippen LogP contribution in [-0.2, 0) is 4.74 Å². The highest BCUT2D eigenvalue weighted by Gasteiger charge is 2.31. The van der Waals surface area contributed by atoms with Crippen molar-refractivity contribution in [3.8, 4) is 0 Å². The highest BCUT2D eigenvalue weighted by Crippen LogP contribution is 2.20. The first-order valence-electron chi connectivity index (χ1n) is 7.56. The van der Waals surface area contributed by atoms with Crippen molar-refractivity contribution >= 4 is 23.3 Å². The zero-order valence-electron chi connectivity index (χ0n) is 13.7. The van der Waals surface area contributed by atoms with Gasteiger partial charge in [-0.25, -0.2) is 4.79 Å². The van der Waals surface area contributed by atoms with E-state index in [0.29, 0.717) is 13.1 Å². The minimum Gasteiger partial charge on any atom is -0.444 e. The van der Waals surface area contributed by atoms with Crippen LogP contribution in [-0.4, -0.2) is 53.6 Å². The van der Waals surface area contributed by atoms with Crippen LogP contribution in [0.5, 0.6) is 0 Å². The molecule has 0 saturated carbocycles. The lowest BCUT2D eigenvalue weighted by Crippen LogP contribution is -2.51. The average molecular weight is 324 g/mol. The van der Waals surface area contributed by atoms with E-state index in [1.807, 2.05) is 45.3 Å². The molecule has 5 nitrogen and oxygen atoms in total. The molecule has 22 heavy (non-hydrogen) atoms. The number of likely N-dealkylation sites (N-methyl/N-ethyl adjacent to an activating group) is 1. The van der Waals surface area contributed by atoms with Gasteiger partial charge in [0, 0.05) is 26.2 Å². The maximum atomic E-state index is 12.4. The Morgan fingerprint density at radius 1 is 1.41 bits per heavy atom.